The van der Waals surface area contributed by atoms with Gasteiger partial charge in [0, 0.05) is 19.6 Å². The third-order valence-corrected chi connectivity index (χ3v) is 1.57. The van der Waals surface area contributed by atoms with Gasteiger partial charge in [-0.3, -0.25) is 0 Å². The molecule has 0 spiro atoms. The van der Waals surface area contributed by atoms with Gasteiger partial charge in [-0.1, -0.05) is 9.52 Å². The summed E-state index contributed by atoms with van der Waals surface area (Å²) >= 11 is 0. The first-order valence-corrected chi connectivity index (χ1v) is 4.75. The lowest BCUT2D eigenvalue weighted by Crippen LogP contribution is -1.84. The molecule has 6 heavy (non-hydrogen) atoms. The largest absolute Gasteiger partial charge is 0.327 e. The molecule has 0 aromatic carbocycles. The summed E-state index contributed by atoms with van der Waals surface area (Å²) in [5.41, 5.74) is 0. The molecule has 0 aromatic heterocycles. The molecule has 0 N–H and O–H groups in total. The first kappa shape index (κ1) is 6.60. The quantitative estimate of drug-likeness (QED) is 0.523. The Morgan fingerprint density at radius 2 is 1.67 bits per heavy atom. The molecule has 0 atom stereocenters. The fourth-order valence-corrected chi connectivity index (χ4v) is 0. The van der Waals surface area contributed by atoms with Gasteiger partial charge in [-0.25, -0.2) is 0 Å². The zero-order valence-corrected chi connectivity index (χ0v) is 5.77. The van der Waals surface area contributed by atoms with Crippen LogP contribution in [0.1, 0.15) is 0 Å². The van der Waals surface area contributed by atoms with Gasteiger partial charge in [0.05, 0.1) is 0 Å². The molecule has 0 heterocycles. The molecule has 3 heteroatoms. The fraction of sp³-hybridized carbons (Fsp3) is 1.00. The standard InChI is InChI=1S/C3H9ClOS/c1-5-6(2,3)4/h1-3H3. The van der Waals surface area contributed by atoms with Crippen molar-refractivity contribution >= 4 is 20.2 Å². The van der Waals surface area contributed by atoms with Gasteiger partial charge in [-0.15, -0.1) is 0 Å². The predicted octanol–water partition coefficient (Wildman–Crippen LogP) is 1.77. The highest BCUT2D eigenvalue weighted by Crippen LogP contribution is 2.44. The van der Waals surface area contributed by atoms with Gasteiger partial charge < -0.3 is 4.18 Å². The monoisotopic (exact) mass is 128 g/mol. The first-order chi connectivity index (χ1) is 2.56. The number of rotatable bonds is 1. The molecule has 0 saturated carbocycles. The second-order valence-corrected chi connectivity index (χ2v) is 6.07. The summed E-state index contributed by atoms with van der Waals surface area (Å²) in [5.74, 6) is 0. The van der Waals surface area contributed by atoms with E-state index in [0.29, 0.717) is 0 Å². The molecule has 0 saturated heterocycles. The van der Waals surface area contributed by atoms with Gasteiger partial charge in [0.2, 0.25) is 0 Å². The fourth-order valence-electron chi connectivity index (χ4n) is 0. The minimum atomic E-state index is -1.19. The zero-order valence-electron chi connectivity index (χ0n) is 4.19. The Labute approximate surface area is 44.7 Å². The minimum Gasteiger partial charge on any atom is -0.327 e. The highest BCUT2D eigenvalue weighted by molar-refractivity contribution is 8.46. The van der Waals surface area contributed by atoms with E-state index in [9.17, 15) is 0 Å². The van der Waals surface area contributed by atoms with Crippen LogP contribution in [0, 0.1) is 0 Å². The highest BCUT2D eigenvalue weighted by atomic mass is 35.7. The average Bonchev–Trinajstić information content (AvgIpc) is 1.35. The average molecular weight is 129 g/mol. The van der Waals surface area contributed by atoms with Gasteiger partial charge in [0.1, 0.15) is 0 Å². The summed E-state index contributed by atoms with van der Waals surface area (Å²) in [6.07, 6.45) is 3.74. The number of hydrogen-bond acceptors (Lipinski definition) is 1. The van der Waals surface area contributed by atoms with Crippen LogP contribution in [0.2, 0.25) is 0 Å². The van der Waals surface area contributed by atoms with Crippen molar-refractivity contribution in [3.8, 4) is 0 Å². The molecule has 0 bridgehead atoms. The Morgan fingerprint density at radius 1 is 1.50 bits per heavy atom. The van der Waals surface area contributed by atoms with Crippen molar-refractivity contribution in [3.05, 3.63) is 0 Å². The van der Waals surface area contributed by atoms with Crippen molar-refractivity contribution in [2.75, 3.05) is 19.6 Å². The zero-order chi connectivity index (χ0) is 5.21. The van der Waals surface area contributed by atoms with Crippen LogP contribution < -0.4 is 0 Å². The lowest BCUT2D eigenvalue weighted by atomic mass is 11.8. The van der Waals surface area contributed by atoms with Crippen LogP contribution in [0.4, 0.5) is 0 Å². The summed E-state index contributed by atoms with van der Waals surface area (Å²) in [6.45, 7) is 0. The molecule has 0 fully saturated rings. The minimum absolute atomic E-state index is 1.19. The van der Waals surface area contributed by atoms with Crippen molar-refractivity contribution in [2.24, 2.45) is 0 Å². The van der Waals surface area contributed by atoms with Crippen LogP contribution in [0.5, 0.6) is 0 Å². The van der Waals surface area contributed by atoms with E-state index in [1.165, 1.54) is 0 Å². The van der Waals surface area contributed by atoms with Crippen LogP contribution >= 0.6 is 20.2 Å². The topological polar surface area (TPSA) is 9.23 Å². The molecule has 0 rings (SSSR count). The second-order valence-electron chi connectivity index (χ2n) is 1.28. The highest BCUT2D eigenvalue weighted by Gasteiger charge is 1.99. The molecular formula is C3H9ClOS. The first-order valence-electron chi connectivity index (χ1n) is 1.55. The van der Waals surface area contributed by atoms with Crippen LogP contribution in [0.3, 0.4) is 0 Å². The Balaban J connectivity index is 3.17. The molecule has 0 aliphatic rings. The summed E-state index contributed by atoms with van der Waals surface area (Å²) in [6, 6.07) is 0. The Hall–Kier alpha value is 0.600. The molecule has 1 nitrogen and oxygen atoms in total. The van der Waals surface area contributed by atoms with Crippen molar-refractivity contribution in [3.63, 3.8) is 0 Å². The van der Waals surface area contributed by atoms with Crippen molar-refractivity contribution in [2.45, 2.75) is 0 Å². The molecule has 0 amide bonds. The van der Waals surface area contributed by atoms with E-state index in [0.717, 1.165) is 0 Å². The lowest BCUT2D eigenvalue weighted by Gasteiger charge is -2.17. The lowest BCUT2D eigenvalue weighted by molar-refractivity contribution is 0.480. The number of hydrogen-bond donors (Lipinski definition) is 0. The van der Waals surface area contributed by atoms with E-state index in [1.807, 2.05) is 12.5 Å². The smallest absolute Gasteiger partial charge is 0.0495 e. The molecule has 0 aromatic rings. The van der Waals surface area contributed by atoms with Crippen LogP contribution in [-0.2, 0) is 4.18 Å². The molecule has 0 unspecified atom stereocenters. The second kappa shape index (κ2) is 2.05. The van der Waals surface area contributed by atoms with Gasteiger partial charge in [0.15, 0.2) is 0 Å². The maximum Gasteiger partial charge on any atom is 0.0495 e. The van der Waals surface area contributed by atoms with Gasteiger partial charge in [0.25, 0.3) is 0 Å². The maximum absolute atomic E-state index is 5.58. The number of halogens is 1. The maximum atomic E-state index is 5.58. The van der Waals surface area contributed by atoms with Crippen LogP contribution in [0.25, 0.3) is 0 Å². The Bertz CT molecular complexity index is 40.5. The van der Waals surface area contributed by atoms with E-state index >= 15 is 0 Å². The summed E-state index contributed by atoms with van der Waals surface area (Å²) in [5, 5.41) is 0. The molecule has 0 aliphatic heterocycles. The Morgan fingerprint density at radius 3 is 1.67 bits per heavy atom. The predicted molar refractivity (Wildman–Crippen MR) is 32.3 cm³/mol. The van der Waals surface area contributed by atoms with E-state index in [2.05, 4.69) is 0 Å². The van der Waals surface area contributed by atoms with Crippen molar-refractivity contribution in [1.82, 2.24) is 0 Å². The van der Waals surface area contributed by atoms with Gasteiger partial charge in [-0.05, 0) is 10.7 Å². The molecule has 0 radical (unpaired) electrons. The molecule has 0 aliphatic carbocycles. The van der Waals surface area contributed by atoms with Crippen molar-refractivity contribution < 1.29 is 4.18 Å². The van der Waals surface area contributed by atoms with E-state index < -0.39 is 9.52 Å². The SMILES string of the molecule is COS(C)(C)Cl. The third kappa shape index (κ3) is 4.60. The van der Waals surface area contributed by atoms with E-state index in [4.69, 9.17) is 14.9 Å². The summed E-state index contributed by atoms with van der Waals surface area (Å²) < 4.78 is 4.79. The van der Waals surface area contributed by atoms with E-state index in [-0.39, 0.29) is 0 Å². The van der Waals surface area contributed by atoms with Gasteiger partial charge in [-0.2, -0.15) is 0 Å². The summed E-state index contributed by atoms with van der Waals surface area (Å²) in [4.78, 5) is 0. The van der Waals surface area contributed by atoms with E-state index in [1.54, 1.807) is 7.11 Å². The Kier molecular flexibility index (Phi) is 2.26. The van der Waals surface area contributed by atoms with Gasteiger partial charge >= 0.3 is 0 Å². The molecular weight excluding hydrogens is 120 g/mol. The normalized spacial score (nSPS) is 14.7. The van der Waals surface area contributed by atoms with Crippen LogP contribution in [0.15, 0.2) is 0 Å². The van der Waals surface area contributed by atoms with Crippen molar-refractivity contribution in [1.29, 1.82) is 0 Å². The van der Waals surface area contributed by atoms with Crippen LogP contribution in [-0.4, -0.2) is 19.6 Å². The molecule has 40 valence electrons. The third-order valence-electron chi connectivity index (χ3n) is 0.396. The summed E-state index contributed by atoms with van der Waals surface area (Å²) in [7, 11) is 6.00.